The minimum Gasteiger partial charge on any atom is -0.493 e. The van der Waals surface area contributed by atoms with Gasteiger partial charge in [0.2, 0.25) is 0 Å². The quantitative estimate of drug-likeness (QED) is 0.606. The van der Waals surface area contributed by atoms with E-state index in [1.54, 1.807) is 0 Å². The molecule has 3 rings (SSSR count). The summed E-state index contributed by atoms with van der Waals surface area (Å²) in [5.41, 5.74) is 3.20. The Morgan fingerprint density at radius 3 is 2.25 bits per heavy atom. The molecular weight excluding hydrogens is 292 g/mol. The molecule has 0 saturated heterocycles. The molecule has 2 aromatic rings. The minimum absolute atomic E-state index is 0.160. The van der Waals surface area contributed by atoms with E-state index in [0.29, 0.717) is 5.41 Å². The molecule has 0 radical (unpaired) electrons. The highest BCUT2D eigenvalue weighted by molar-refractivity contribution is 5.32. The van der Waals surface area contributed by atoms with Gasteiger partial charge < -0.3 is 4.74 Å². The number of hydrogen-bond acceptors (Lipinski definition) is 1. The van der Waals surface area contributed by atoms with Crippen LogP contribution < -0.4 is 4.74 Å². The first-order valence-electron chi connectivity index (χ1n) is 9.29. The molecule has 0 heterocycles. The SMILES string of the molecule is Cc1ccccc1OCCC(C)(c1ccccc1)C1(C)CCCC1. The van der Waals surface area contributed by atoms with Crippen molar-refractivity contribution in [2.24, 2.45) is 5.41 Å². The summed E-state index contributed by atoms with van der Waals surface area (Å²) < 4.78 is 6.16. The van der Waals surface area contributed by atoms with Crippen molar-refractivity contribution in [2.75, 3.05) is 6.61 Å². The Morgan fingerprint density at radius 2 is 1.58 bits per heavy atom. The van der Waals surface area contributed by atoms with Crippen molar-refractivity contribution in [3.8, 4) is 5.75 Å². The molecule has 1 heteroatoms. The third-order valence-electron chi connectivity index (χ3n) is 6.40. The maximum Gasteiger partial charge on any atom is 0.122 e. The van der Waals surface area contributed by atoms with Crippen LogP contribution >= 0.6 is 0 Å². The summed E-state index contributed by atoms with van der Waals surface area (Å²) in [5, 5.41) is 0. The van der Waals surface area contributed by atoms with E-state index in [2.05, 4.69) is 75.4 Å². The van der Waals surface area contributed by atoms with Gasteiger partial charge in [-0.3, -0.25) is 0 Å². The zero-order valence-corrected chi connectivity index (χ0v) is 15.3. The fourth-order valence-electron chi connectivity index (χ4n) is 4.39. The van der Waals surface area contributed by atoms with Crippen LogP contribution in [0.15, 0.2) is 54.6 Å². The van der Waals surface area contributed by atoms with Crippen molar-refractivity contribution in [1.29, 1.82) is 0 Å². The average Bonchev–Trinajstić information content (AvgIpc) is 3.05. The van der Waals surface area contributed by atoms with E-state index in [4.69, 9.17) is 4.74 Å². The number of ether oxygens (including phenoxy) is 1. The average molecular weight is 322 g/mol. The van der Waals surface area contributed by atoms with Crippen LogP contribution in [0.4, 0.5) is 0 Å². The lowest BCUT2D eigenvalue weighted by molar-refractivity contribution is 0.124. The number of hydrogen-bond donors (Lipinski definition) is 0. The zero-order valence-electron chi connectivity index (χ0n) is 15.3. The Morgan fingerprint density at radius 1 is 0.958 bits per heavy atom. The second-order valence-corrected chi connectivity index (χ2v) is 7.83. The molecular formula is C23H30O. The van der Waals surface area contributed by atoms with Gasteiger partial charge >= 0.3 is 0 Å². The fraction of sp³-hybridized carbons (Fsp3) is 0.478. The van der Waals surface area contributed by atoms with Crippen LogP contribution in [-0.2, 0) is 5.41 Å². The Bertz CT molecular complexity index is 655. The van der Waals surface area contributed by atoms with Crippen LogP contribution in [0.1, 0.15) is 57.1 Å². The Hall–Kier alpha value is -1.76. The number of rotatable bonds is 6. The van der Waals surface area contributed by atoms with Crippen molar-refractivity contribution >= 4 is 0 Å². The summed E-state index contributed by atoms with van der Waals surface area (Å²) in [7, 11) is 0. The molecule has 1 nitrogen and oxygen atoms in total. The normalized spacial score (nSPS) is 19.0. The lowest BCUT2D eigenvalue weighted by Crippen LogP contribution is -2.41. The summed E-state index contributed by atoms with van der Waals surface area (Å²) in [6.45, 7) is 7.82. The maximum atomic E-state index is 6.16. The van der Waals surface area contributed by atoms with E-state index in [1.165, 1.54) is 36.8 Å². The van der Waals surface area contributed by atoms with Gasteiger partial charge in [-0.25, -0.2) is 0 Å². The predicted octanol–water partition coefficient (Wildman–Crippen LogP) is 6.30. The summed E-state index contributed by atoms with van der Waals surface area (Å²) in [6.07, 6.45) is 6.42. The summed E-state index contributed by atoms with van der Waals surface area (Å²) in [4.78, 5) is 0. The van der Waals surface area contributed by atoms with Crippen molar-refractivity contribution in [3.63, 3.8) is 0 Å². The van der Waals surface area contributed by atoms with Crippen molar-refractivity contribution in [2.45, 2.75) is 58.3 Å². The molecule has 0 aromatic heterocycles. The van der Waals surface area contributed by atoms with Gasteiger partial charge in [0.05, 0.1) is 6.61 Å². The molecule has 2 aromatic carbocycles. The van der Waals surface area contributed by atoms with Crippen molar-refractivity contribution in [3.05, 3.63) is 65.7 Å². The maximum absolute atomic E-state index is 6.16. The molecule has 24 heavy (non-hydrogen) atoms. The van der Waals surface area contributed by atoms with Gasteiger partial charge in [0.15, 0.2) is 0 Å². The standard InChI is InChI=1S/C23H30O/c1-19-11-7-8-14-21(19)24-18-17-23(3,20-12-5-4-6-13-20)22(2)15-9-10-16-22/h4-8,11-14H,9-10,15-18H2,1-3H3. The first kappa shape index (κ1) is 17.1. The summed E-state index contributed by atoms with van der Waals surface area (Å²) in [5.74, 6) is 1.02. The largest absolute Gasteiger partial charge is 0.493 e. The first-order valence-corrected chi connectivity index (χ1v) is 9.29. The van der Waals surface area contributed by atoms with Gasteiger partial charge in [-0.15, -0.1) is 0 Å². The topological polar surface area (TPSA) is 9.23 Å². The molecule has 0 N–H and O–H groups in total. The van der Waals surface area contributed by atoms with Gasteiger partial charge in [0.1, 0.15) is 5.75 Å². The molecule has 1 atom stereocenters. The summed E-state index contributed by atoms with van der Waals surface area (Å²) in [6, 6.07) is 19.4. The highest BCUT2D eigenvalue weighted by Gasteiger charge is 2.46. The number of aryl methyl sites for hydroxylation is 1. The second kappa shape index (κ2) is 7.01. The lowest BCUT2D eigenvalue weighted by Gasteiger charge is -2.45. The molecule has 0 spiro atoms. The van der Waals surface area contributed by atoms with E-state index < -0.39 is 0 Å². The Labute approximate surface area is 147 Å². The minimum atomic E-state index is 0.160. The molecule has 0 bridgehead atoms. The molecule has 1 aliphatic carbocycles. The molecule has 1 unspecified atom stereocenters. The van der Waals surface area contributed by atoms with Crippen LogP contribution in [0.25, 0.3) is 0 Å². The predicted molar refractivity (Wildman–Crippen MR) is 102 cm³/mol. The van der Waals surface area contributed by atoms with Crippen molar-refractivity contribution < 1.29 is 4.74 Å². The van der Waals surface area contributed by atoms with Crippen LogP contribution in [0.5, 0.6) is 5.75 Å². The monoisotopic (exact) mass is 322 g/mol. The summed E-state index contributed by atoms with van der Waals surface area (Å²) >= 11 is 0. The zero-order chi connectivity index (χ0) is 17.0. The number of para-hydroxylation sites is 1. The molecule has 1 fully saturated rings. The van der Waals surface area contributed by atoms with E-state index in [9.17, 15) is 0 Å². The van der Waals surface area contributed by atoms with Gasteiger partial charge in [-0.05, 0) is 48.8 Å². The van der Waals surface area contributed by atoms with Crippen molar-refractivity contribution in [1.82, 2.24) is 0 Å². The molecule has 0 aliphatic heterocycles. The molecule has 1 aliphatic rings. The van der Waals surface area contributed by atoms with Gasteiger partial charge in [0.25, 0.3) is 0 Å². The molecule has 128 valence electrons. The highest BCUT2D eigenvalue weighted by atomic mass is 16.5. The number of benzene rings is 2. The van der Waals surface area contributed by atoms with E-state index in [-0.39, 0.29) is 5.41 Å². The van der Waals surface area contributed by atoms with Crippen LogP contribution in [0.2, 0.25) is 0 Å². The molecule has 1 saturated carbocycles. The van der Waals surface area contributed by atoms with Gasteiger partial charge in [-0.1, -0.05) is 75.2 Å². The van der Waals surface area contributed by atoms with Gasteiger partial charge in [0, 0.05) is 5.41 Å². The van der Waals surface area contributed by atoms with E-state index in [1.807, 2.05) is 0 Å². The molecule has 0 amide bonds. The van der Waals surface area contributed by atoms with Crippen LogP contribution in [-0.4, -0.2) is 6.61 Å². The third kappa shape index (κ3) is 3.22. The van der Waals surface area contributed by atoms with Crippen LogP contribution in [0, 0.1) is 12.3 Å². The van der Waals surface area contributed by atoms with E-state index in [0.717, 1.165) is 18.8 Å². The smallest absolute Gasteiger partial charge is 0.122 e. The fourth-order valence-corrected chi connectivity index (χ4v) is 4.39. The highest BCUT2D eigenvalue weighted by Crippen LogP contribution is 2.54. The first-order chi connectivity index (χ1) is 11.6. The van der Waals surface area contributed by atoms with E-state index >= 15 is 0 Å². The third-order valence-corrected chi connectivity index (χ3v) is 6.40. The van der Waals surface area contributed by atoms with Crippen LogP contribution in [0.3, 0.4) is 0 Å². The Balaban J connectivity index is 1.80. The lowest BCUT2D eigenvalue weighted by atomic mass is 9.59. The Kier molecular flexibility index (Phi) is 4.99. The van der Waals surface area contributed by atoms with Gasteiger partial charge in [-0.2, -0.15) is 0 Å². The second-order valence-electron chi connectivity index (χ2n) is 7.83.